The molecule has 0 aliphatic carbocycles. The summed E-state index contributed by atoms with van der Waals surface area (Å²) in [7, 11) is 0. The van der Waals surface area contributed by atoms with Crippen molar-refractivity contribution in [1.82, 2.24) is 9.80 Å². The molecule has 2 aromatic heterocycles. The summed E-state index contributed by atoms with van der Waals surface area (Å²) in [6.45, 7) is 10.6. The summed E-state index contributed by atoms with van der Waals surface area (Å²) in [6, 6.07) is 9.29. The fourth-order valence-electron chi connectivity index (χ4n) is 10.0. The summed E-state index contributed by atoms with van der Waals surface area (Å²) in [5, 5.41) is 0. The van der Waals surface area contributed by atoms with E-state index in [0.29, 0.717) is 11.8 Å². The molecule has 2 aliphatic heterocycles. The molecular weight excluding hydrogens is 1030 g/mol. The van der Waals surface area contributed by atoms with Crippen molar-refractivity contribution in [2.75, 3.05) is 13.1 Å². The summed E-state index contributed by atoms with van der Waals surface area (Å²) in [4.78, 5) is 52.8. The molecule has 0 unspecified atom stereocenters. The Kier molecular flexibility index (Phi) is 25.8. The number of thiophene rings is 2. The monoisotopic (exact) mass is 1130 g/mol. The number of nitrogens with zero attached hydrogens (tertiary/aromatic N) is 2. The van der Waals surface area contributed by atoms with E-state index in [1.165, 1.54) is 186 Å². The second kappa shape index (κ2) is 29.4. The quantitative estimate of drug-likeness (QED) is 0.0504. The molecule has 0 spiro atoms. The van der Waals surface area contributed by atoms with Gasteiger partial charge in [0.25, 0.3) is 0 Å². The number of rotatable bonds is 36. The second-order valence-electron chi connectivity index (χ2n) is 22.1. The van der Waals surface area contributed by atoms with E-state index in [1.54, 1.807) is 0 Å². The van der Waals surface area contributed by atoms with Gasteiger partial charge < -0.3 is 0 Å². The van der Waals surface area contributed by atoms with Crippen LogP contribution in [0.15, 0.2) is 35.4 Å². The van der Waals surface area contributed by atoms with Crippen LogP contribution in [-0.2, 0) is 9.59 Å². The van der Waals surface area contributed by atoms with E-state index < -0.39 is 36.8 Å². The van der Waals surface area contributed by atoms with Crippen LogP contribution in [0.25, 0.3) is 11.4 Å². The van der Waals surface area contributed by atoms with Crippen molar-refractivity contribution in [2.24, 2.45) is 11.8 Å². The molecule has 0 atom stereocenters. The summed E-state index contributed by atoms with van der Waals surface area (Å²) in [5.74, 6) is 1.07. The number of carbonyl (C=O) groups excluding carboxylic acids is 2. The van der Waals surface area contributed by atoms with E-state index in [4.69, 9.17) is 0 Å². The van der Waals surface area contributed by atoms with Gasteiger partial charge in [0, 0.05) is 0 Å². The summed E-state index contributed by atoms with van der Waals surface area (Å²) < 4.78 is 3.03. The Hall–Kier alpha value is -0.583. The van der Waals surface area contributed by atoms with Crippen LogP contribution in [0.3, 0.4) is 0 Å². The number of fused-ring (bicyclic) bond motifs is 1. The average molecular weight is 1130 g/mol. The Balaban J connectivity index is 1.79. The molecule has 4 rings (SSSR count). The first-order valence-electron chi connectivity index (χ1n) is 27.1. The van der Waals surface area contributed by atoms with Crippen LogP contribution < -0.4 is 5.79 Å². The first kappa shape index (κ1) is 56.0. The van der Waals surface area contributed by atoms with Gasteiger partial charge in [-0.15, -0.1) is 0 Å². The van der Waals surface area contributed by atoms with Crippen LogP contribution >= 0.6 is 22.7 Å². The number of hydrogen-bond acceptors (Lipinski definition) is 4. The molecule has 0 aromatic carbocycles. The van der Waals surface area contributed by atoms with Crippen LogP contribution in [0.1, 0.15) is 217 Å². The summed E-state index contributed by atoms with van der Waals surface area (Å²) in [5.41, 5.74) is 3.34. The summed E-state index contributed by atoms with van der Waals surface area (Å²) in [6.07, 6.45) is 35.7. The van der Waals surface area contributed by atoms with Crippen molar-refractivity contribution in [3.8, 4) is 0 Å². The standard InChI is InChI=1S/C50H78N2O2S2.6CH3.2Sn/c1-5-9-13-17-21-25-31-41(32-26-22-18-14-10-6-2)39-51-47(43-35-29-37-55-43)45-46(49(51)53)48(44-36-30-38-56-44)52(50(45)54)40-42(33-27-23-19-15-11-7-3)34-28-24-20-16-12-8-4;;;;;;;;/h29-30,35-36,41-42H,5-28,31-34,39-40H2,1-4H3;6*1H3;;. The molecule has 0 radical (unpaired) electrons. The first-order chi connectivity index (χ1) is 30.8. The van der Waals surface area contributed by atoms with Gasteiger partial charge in [-0.2, -0.15) is 0 Å². The normalized spacial score (nSPS) is 14.9. The van der Waals surface area contributed by atoms with Crippen LogP contribution in [0.4, 0.5) is 0 Å². The molecule has 2 amide bonds. The van der Waals surface area contributed by atoms with Crippen molar-refractivity contribution in [2.45, 2.75) is 237 Å². The fraction of sp³-hybridized carbons (Fsp3) is 0.750. The SMILES string of the molecule is CCCCCCCCC(CCCCCCCC)CN1C(=O)C2=C(c3cc[c]([Sn]([CH3])([CH3])[CH3])s3)N(CC(CCCCCCCC)CCCCCCCC)C(=O)C2=C1c1cc[c]([Sn]([CH3])([CH3])[CH3])s1. The van der Waals surface area contributed by atoms with Gasteiger partial charge in [0.2, 0.25) is 0 Å². The van der Waals surface area contributed by atoms with Gasteiger partial charge >= 0.3 is 336 Å². The Morgan fingerprint density at radius 1 is 0.406 bits per heavy atom. The van der Waals surface area contributed by atoms with E-state index in [2.05, 4.69) is 91.4 Å². The van der Waals surface area contributed by atoms with Crippen LogP contribution in [0.5, 0.6) is 0 Å². The van der Waals surface area contributed by atoms with Crippen molar-refractivity contribution in [3.63, 3.8) is 0 Å². The van der Waals surface area contributed by atoms with Crippen molar-refractivity contribution in [3.05, 3.63) is 45.2 Å². The fourth-order valence-corrected chi connectivity index (χ4v) is 22.7. The van der Waals surface area contributed by atoms with Crippen LogP contribution in [0, 0.1) is 11.8 Å². The first-order valence-corrected chi connectivity index (χ1v) is 48.7. The molecule has 2 aliphatic rings. The zero-order valence-electron chi connectivity index (χ0n) is 43.2. The van der Waals surface area contributed by atoms with Gasteiger partial charge in [-0.1, -0.05) is 79.1 Å². The molecule has 4 heterocycles. The van der Waals surface area contributed by atoms with E-state index in [9.17, 15) is 0 Å². The van der Waals surface area contributed by atoms with Gasteiger partial charge in [-0.3, -0.25) is 0 Å². The maximum atomic E-state index is 15.6. The average Bonchev–Trinajstić information content (AvgIpc) is 4.05. The molecule has 0 fully saturated rings. The molecular formula is C56H96N2O2S2Sn2. The molecule has 64 heavy (non-hydrogen) atoms. The maximum absolute atomic E-state index is 15.6. The Labute approximate surface area is 411 Å². The van der Waals surface area contributed by atoms with Crippen molar-refractivity contribution in [1.29, 1.82) is 0 Å². The molecule has 4 nitrogen and oxygen atoms in total. The topological polar surface area (TPSA) is 40.6 Å². The molecule has 362 valence electrons. The van der Waals surface area contributed by atoms with Gasteiger partial charge in [0.15, 0.2) is 0 Å². The Bertz CT molecular complexity index is 1580. The molecule has 0 saturated heterocycles. The third-order valence-electron chi connectivity index (χ3n) is 14.1. The number of amides is 2. The van der Waals surface area contributed by atoms with E-state index in [1.807, 2.05) is 22.7 Å². The predicted molar refractivity (Wildman–Crippen MR) is 291 cm³/mol. The Morgan fingerprint density at radius 2 is 0.672 bits per heavy atom. The Morgan fingerprint density at radius 3 is 0.922 bits per heavy atom. The molecule has 2 aromatic rings. The van der Waals surface area contributed by atoms with Crippen molar-refractivity contribution >= 4 is 88.4 Å². The molecule has 8 heteroatoms. The molecule has 0 saturated carbocycles. The summed E-state index contributed by atoms with van der Waals surface area (Å²) >= 11 is -1.10. The van der Waals surface area contributed by atoms with Crippen LogP contribution in [0.2, 0.25) is 29.6 Å². The zero-order valence-corrected chi connectivity index (χ0v) is 50.5. The number of hydrogen-bond donors (Lipinski definition) is 0. The number of carbonyl (C=O) groups is 2. The van der Waals surface area contributed by atoms with Gasteiger partial charge in [0.1, 0.15) is 0 Å². The van der Waals surface area contributed by atoms with E-state index in [0.717, 1.165) is 45.4 Å². The van der Waals surface area contributed by atoms with E-state index >= 15 is 9.59 Å². The van der Waals surface area contributed by atoms with Gasteiger partial charge in [-0.05, 0) is 0 Å². The van der Waals surface area contributed by atoms with Gasteiger partial charge in [0.05, 0.1) is 0 Å². The molecule has 0 bridgehead atoms. The third-order valence-corrected chi connectivity index (χ3v) is 35.2. The minimum atomic E-state index is -2.44. The van der Waals surface area contributed by atoms with E-state index in [-0.39, 0.29) is 11.8 Å². The van der Waals surface area contributed by atoms with Crippen molar-refractivity contribution < 1.29 is 9.59 Å². The minimum absolute atomic E-state index is 0.0959. The molecule has 0 N–H and O–H groups in total. The van der Waals surface area contributed by atoms with Gasteiger partial charge in [-0.25, -0.2) is 0 Å². The third kappa shape index (κ3) is 17.4. The zero-order chi connectivity index (χ0) is 46.5. The second-order valence-corrected chi connectivity index (χ2v) is 55.1. The predicted octanol–water partition coefficient (Wildman–Crippen LogP) is 16.9. The van der Waals surface area contributed by atoms with Crippen LogP contribution in [-0.4, -0.2) is 71.5 Å². The number of unbranched alkanes of at least 4 members (excludes halogenated alkanes) is 20.